The van der Waals surface area contributed by atoms with Crippen LogP contribution in [0.3, 0.4) is 0 Å². The topological polar surface area (TPSA) is 274 Å². The van der Waals surface area contributed by atoms with Gasteiger partial charge in [-0.2, -0.15) is 0 Å². The Kier molecular flexibility index (Phi) is 49.5. The van der Waals surface area contributed by atoms with Crippen LogP contribution in [0.5, 0.6) is 5.75 Å². The monoisotopic (exact) mass is 2100 g/mol. The summed E-state index contributed by atoms with van der Waals surface area (Å²) < 4.78 is 5.06. The van der Waals surface area contributed by atoms with Crippen molar-refractivity contribution >= 4 is 10.8 Å². The fraction of sp³-hybridized carbons (Fsp3) is 0.309. The maximum absolute atomic E-state index is 8.56. The van der Waals surface area contributed by atoms with Crippen LogP contribution >= 0.6 is 0 Å². The van der Waals surface area contributed by atoms with Crippen LogP contribution in [0, 0.1) is 52.0 Å². The van der Waals surface area contributed by atoms with Gasteiger partial charge in [0.25, 0.3) is 0 Å². The maximum Gasteiger partial charge on any atom is 0.105 e. The van der Waals surface area contributed by atoms with Crippen LogP contribution in [0.1, 0.15) is 104 Å². The van der Waals surface area contributed by atoms with E-state index in [1.807, 2.05) is 137 Å². The number of aliphatic hydroxyl groups is 8. The first-order chi connectivity index (χ1) is 46.8. The number of fused-ring (bicyclic) bond motifs is 1. The summed E-state index contributed by atoms with van der Waals surface area (Å²) in [5.74, 6) is 0.796. The zero-order chi connectivity index (χ0) is 71.9. The quantitative estimate of drug-likeness (QED) is 0.0443. The molecule has 0 aliphatic heterocycles. The first-order valence-electron chi connectivity index (χ1n) is 32.5. The number of rotatable bonds is 15. The number of aliphatic hydroxyl groups excluding tert-OH is 8. The Hall–Kier alpha value is -6.80. The third-order valence-corrected chi connectivity index (χ3v) is 13.6. The molecule has 8 atom stereocenters. The Morgan fingerprint density at radius 3 is 1.04 bits per heavy atom. The Morgan fingerprint density at radius 2 is 0.676 bits per heavy atom. The van der Waals surface area contributed by atoms with Crippen LogP contribution < -0.4 is 4.74 Å². The third-order valence-electron chi connectivity index (χ3n) is 13.6. The van der Waals surface area contributed by atoms with Crippen molar-refractivity contribution in [3.05, 3.63) is 248 Å². The molecule has 0 bridgehead atoms. The van der Waals surface area contributed by atoms with Gasteiger partial charge < -0.3 is 45.6 Å². The molecule has 0 aliphatic rings. The number of aromatic nitrogens is 8. The second kappa shape index (κ2) is 53.0. The van der Waals surface area contributed by atoms with Gasteiger partial charge in [0.05, 0.1) is 55.9 Å². The van der Waals surface area contributed by atoms with E-state index in [4.69, 9.17) is 45.6 Å². The minimum absolute atomic E-state index is 0. The van der Waals surface area contributed by atoms with Gasteiger partial charge in [0.2, 0.25) is 0 Å². The summed E-state index contributed by atoms with van der Waals surface area (Å²) in [5, 5.41) is 70.9. The first-order valence-corrected chi connectivity index (χ1v) is 32.5. The SMILES string of the molecule is CC(O)CC(C)O.CC(O)CC(C)O.CC(O)CC(C)O.CC(O)CC(C)O.COc1c[c-]c(-c2cc(C)ncn2)cc1.Cc1cc(-c2[c-]cc(-c3ccccc3)cc2)ncn1.Cc1cc(-c2[c-]ccc(-c3ccccc3)c2)ncn1.Cc1cc(-c2[c-]ccc3ccccc23)ncn1.[Ir].[Ir].[Ir].[Ir]. The van der Waals surface area contributed by atoms with Gasteiger partial charge in [0, 0.05) is 109 Å². The molecule has 11 rings (SSSR count). The average molecular weight is 2090 g/mol. The van der Waals surface area contributed by atoms with Crippen molar-refractivity contribution in [1.29, 1.82) is 0 Å². The molecular weight excluding hydrogens is 2000 g/mol. The number of hydrogen-bond donors (Lipinski definition) is 8. The van der Waals surface area contributed by atoms with Gasteiger partial charge in [-0.25, -0.2) is 19.9 Å². The fourth-order valence-corrected chi connectivity index (χ4v) is 9.26. The van der Waals surface area contributed by atoms with E-state index < -0.39 is 0 Å². The van der Waals surface area contributed by atoms with Gasteiger partial charge in [-0.15, -0.1) is 124 Å². The summed E-state index contributed by atoms with van der Waals surface area (Å²) in [7, 11) is 1.64. The number of hydrogen-bond acceptors (Lipinski definition) is 17. The zero-order valence-corrected chi connectivity index (χ0v) is 69.5. The molecule has 8 N–H and O–H groups in total. The summed E-state index contributed by atoms with van der Waals surface area (Å²) in [6.45, 7) is 21.1. The van der Waals surface area contributed by atoms with E-state index in [0.717, 1.165) is 79.1 Å². The molecule has 4 heterocycles. The Labute approximate surface area is 657 Å². The number of benzene rings is 7. The van der Waals surface area contributed by atoms with Crippen molar-refractivity contribution in [3.8, 4) is 73.0 Å². The molecular formula is C81H96Ir4N8O9-4. The zero-order valence-electron chi connectivity index (χ0n) is 59.9. The van der Waals surface area contributed by atoms with E-state index in [-0.39, 0.29) is 129 Å². The predicted molar refractivity (Wildman–Crippen MR) is 391 cm³/mol. The van der Waals surface area contributed by atoms with Gasteiger partial charge in [-0.05, 0) is 137 Å². The first kappa shape index (κ1) is 95.2. The van der Waals surface area contributed by atoms with Gasteiger partial charge >= 0.3 is 0 Å². The molecule has 0 aliphatic carbocycles. The molecule has 8 unspecified atom stereocenters. The molecule has 554 valence electrons. The molecule has 102 heavy (non-hydrogen) atoms. The maximum atomic E-state index is 8.56. The molecule has 0 saturated carbocycles. The molecule has 0 fully saturated rings. The normalized spacial score (nSPS) is 12.3. The summed E-state index contributed by atoms with van der Waals surface area (Å²) in [4.78, 5) is 33.5. The minimum atomic E-state index is -0.375. The van der Waals surface area contributed by atoms with Crippen LogP contribution in [-0.2, 0) is 80.4 Å². The number of methoxy groups -OCH3 is 1. The Bertz CT molecular complexity index is 3890. The van der Waals surface area contributed by atoms with Gasteiger partial charge in [-0.1, -0.05) is 126 Å². The summed E-state index contributed by atoms with van der Waals surface area (Å²) in [5.41, 5.74) is 16.2. The minimum Gasteiger partial charge on any atom is -0.540 e. The molecule has 0 amide bonds. The molecule has 7 aromatic carbocycles. The summed E-state index contributed by atoms with van der Waals surface area (Å²) in [6.07, 6.45) is 5.22. The predicted octanol–water partition coefficient (Wildman–Crippen LogP) is 14.0. The van der Waals surface area contributed by atoms with E-state index in [1.165, 1.54) is 27.5 Å². The average Bonchev–Trinajstić information content (AvgIpc) is 0.811. The van der Waals surface area contributed by atoms with Crippen molar-refractivity contribution in [3.63, 3.8) is 0 Å². The van der Waals surface area contributed by atoms with Crippen LogP contribution in [0.25, 0.3) is 78.1 Å². The van der Waals surface area contributed by atoms with Gasteiger partial charge in [-0.3, -0.25) is 19.9 Å². The molecule has 0 spiro atoms. The Balaban J connectivity index is 0.00000118. The number of ether oxygens (including phenoxy) is 1. The van der Waals surface area contributed by atoms with E-state index >= 15 is 0 Å². The smallest absolute Gasteiger partial charge is 0.105 e. The van der Waals surface area contributed by atoms with Gasteiger partial charge in [0.1, 0.15) is 25.3 Å². The second-order valence-electron chi connectivity index (χ2n) is 23.7. The molecule has 0 saturated heterocycles. The van der Waals surface area contributed by atoms with Crippen molar-refractivity contribution < 1.29 is 126 Å². The molecule has 17 nitrogen and oxygen atoms in total. The van der Waals surface area contributed by atoms with E-state index in [2.05, 4.69) is 125 Å². The molecule has 4 radical (unpaired) electrons. The number of aryl methyl sites for hydroxylation is 4. The largest absolute Gasteiger partial charge is 0.540 e. The van der Waals surface area contributed by atoms with Crippen LogP contribution in [0.4, 0.5) is 0 Å². The second-order valence-corrected chi connectivity index (χ2v) is 23.7. The molecule has 11 aromatic rings. The van der Waals surface area contributed by atoms with E-state index in [1.54, 1.807) is 93.9 Å². The fourth-order valence-electron chi connectivity index (χ4n) is 9.26. The molecule has 4 aromatic heterocycles. The summed E-state index contributed by atoms with van der Waals surface area (Å²) in [6, 6.07) is 71.5. The third kappa shape index (κ3) is 39.2. The van der Waals surface area contributed by atoms with Crippen LogP contribution in [-0.4, -0.2) is 137 Å². The van der Waals surface area contributed by atoms with Crippen LogP contribution in [0.15, 0.2) is 201 Å². The standard InChI is InChI=1S/2C17H13N2.C15H11N2.C12H11N2O.4C5H12O2.4Ir/c1-13-10-17(19-12-18-13)16-9-5-8-15(11-16)14-6-3-2-4-7-14;1-13-11-17(19-12-18-13)16-9-7-15(8-10-16)14-5-3-2-4-6-14;1-11-9-15(17-10-16-11)14-8-4-6-12-5-2-3-7-13(12)14;1-9-7-12(14-8-13-9)10-3-5-11(15-2)6-4-10;4*1-4(6)3-5(2)7;;;;/h2-8,10-12H,1H3;2-9,11-12H,1H3;2-7,9-10H,1H3;3,5-8H,1-2H3;4*4-7H,3H2,1-2H3;;;;/q4*-1;;;;;;;;. The Morgan fingerprint density at radius 1 is 0.324 bits per heavy atom. The van der Waals surface area contributed by atoms with Gasteiger partial charge in [0.15, 0.2) is 0 Å². The molecule has 21 heteroatoms. The van der Waals surface area contributed by atoms with Crippen molar-refractivity contribution in [1.82, 2.24) is 39.9 Å². The van der Waals surface area contributed by atoms with Crippen molar-refractivity contribution in [2.24, 2.45) is 0 Å². The van der Waals surface area contributed by atoms with E-state index in [9.17, 15) is 0 Å². The van der Waals surface area contributed by atoms with Crippen LogP contribution in [0.2, 0.25) is 0 Å². The summed E-state index contributed by atoms with van der Waals surface area (Å²) >= 11 is 0. The number of nitrogens with zero attached hydrogens (tertiary/aromatic N) is 8. The van der Waals surface area contributed by atoms with Crippen molar-refractivity contribution in [2.45, 2.75) is 158 Å². The van der Waals surface area contributed by atoms with Crippen molar-refractivity contribution in [2.75, 3.05) is 7.11 Å². The van der Waals surface area contributed by atoms with E-state index in [0.29, 0.717) is 25.7 Å².